The van der Waals surface area contributed by atoms with Crippen molar-refractivity contribution in [2.75, 3.05) is 31.1 Å². The summed E-state index contributed by atoms with van der Waals surface area (Å²) in [6.07, 6.45) is -0.633. The Morgan fingerprint density at radius 2 is 1.38 bits per heavy atom. The number of nitrogens with zero attached hydrogens (tertiary/aromatic N) is 3. The fraction of sp³-hybridized carbons (Fsp3) is 0.238. The van der Waals surface area contributed by atoms with Gasteiger partial charge in [0.05, 0.1) is 21.7 Å². The number of fused-ring (bicyclic) bond motifs is 1. The Bertz CT molecular complexity index is 1180. The van der Waals surface area contributed by atoms with Gasteiger partial charge in [0.2, 0.25) is 15.9 Å². The predicted molar refractivity (Wildman–Crippen MR) is 112 cm³/mol. The van der Waals surface area contributed by atoms with Crippen LogP contribution < -0.4 is 4.90 Å². The molecule has 0 spiro atoms. The monoisotopic (exact) mass is 457 g/mol. The van der Waals surface area contributed by atoms with Crippen LogP contribution in [0.1, 0.15) is 27.1 Å². The van der Waals surface area contributed by atoms with E-state index in [0.717, 1.165) is 4.90 Å². The molecule has 2 aliphatic rings. The minimum atomic E-state index is -3.86. The maximum absolute atomic E-state index is 13.0. The zero-order valence-electron chi connectivity index (χ0n) is 16.8. The number of carboxylic acids is 1. The molecule has 2 heterocycles. The molecule has 1 saturated heterocycles. The second kappa shape index (κ2) is 8.17. The summed E-state index contributed by atoms with van der Waals surface area (Å²) in [5.74, 6) is -2.73. The number of hydrogen-bond donors (Lipinski definition) is 1. The Morgan fingerprint density at radius 1 is 0.844 bits per heavy atom. The maximum Gasteiger partial charge on any atom is 0.312 e. The lowest BCUT2D eigenvalue weighted by atomic mass is 10.1. The van der Waals surface area contributed by atoms with Crippen LogP contribution in [0.15, 0.2) is 53.4 Å². The van der Waals surface area contributed by atoms with E-state index >= 15 is 0 Å². The van der Waals surface area contributed by atoms with Gasteiger partial charge >= 0.3 is 5.97 Å². The van der Waals surface area contributed by atoms with Gasteiger partial charge in [-0.15, -0.1) is 0 Å². The highest BCUT2D eigenvalue weighted by atomic mass is 32.2. The van der Waals surface area contributed by atoms with E-state index in [1.54, 1.807) is 24.3 Å². The molecular weight excluding hydrogens is 438 g/mol. The zero-order chi connectivity index (χ0) is 23.0. The highest BCUT2D eigenvalue weighted by Crippen LogP contribution is 2.29. The summed E-state index contributed by atoms with van der Waals surface area (Å²) in [7, 11) is -3.86. The van der Waals surface area contributed by atoms with Crippen molar-refractivity contribution >= 4 is 39.4 Å². The smallest absolute Gasteiger partial charge is 0.312 e. The van der Waals surface area contributed by atoms with Crippen molar-refractivity contribution in [1.29, 1.82) is 0 Å². The number of carboxylic acid groups (broad SMARTS) is 1. The molecule has 0 aliphatic carbocycles. The summed E-state index contributed by atoms with van der Waals surface area (Å²) < 4.78 is 27.1. The summed E-state index contributed by atoms with van der Waals surface area (Å²) in [5, 5.41) is 8.73. The number of benzene rings is 2. The average Bonchev–Trinajstić information content (AvgIpc) is 3.04. The third-order valence-electron chi connectivity index (χ3n) is 5.42. The lowest BCUT2D eigenvalue weighted by Gasteiger charge is -2.33. The molecule has 2 aromatic rings. The van der Waals surface area contributed by atoms with Gasteiger partial charge in [-0.3, -0.25) is 19.2 Å². The Balaban J connectivity index is 1.48. The van der Waals surface area contributed by atoms with Gasteiger partial charge in [-0.25, -0.2) is 13.3 Å². The number of sulfonamides is 1. The van der Waals surface area contributed by atoms with E-state index < -0.39 is 40.1 Å². The van der Waals surface area contributed by atoms with Crippen LogP contribution in [-0.4, -0.2) is 72.6 Å². The first-order valence-corrected chi connectivity index (χ1v) is 11.2. The van der Waals surface area contributed by atoms with Crippen LogP contribution in [0.25, 0.3) is 0 Å². The van der Waals surface area contributed by atoms with Gasteiger partial charge in [0.1, 0.15) is 6.42 Å². The number of carbonyl (C=O) groups excluding carboxylic acids is 3. The number of carbonyl (C=O) groups is 4. The van der Waals surface area contributed by atoms with Gasteiger partial charge < -0.3 is 10.0 Å². The summed E-state index contributed by atoms with van der Waals surface area (Å²) in [6.45, 7) is 0.263. The fourth-order valence-corrected chi connectivity index (χ4v) is 5.18. The summed E-state index contributed by atoms with van der Waals surface area (Å²) in [6, 6.07) is 11.9. The normalized spacial score (nSPS) is 16.9. The van der Waals surface area contributed by atoms with Crippen LogP contribution in [0.4, 0.5) is 5.69 Å². The van der Waals surface area contributed by atoms with Gasteiger partial charge in [-0.05, 0) is 36.4 Å². The third-order valence-corrected chi connectivity index (χ3v) is 7.33. The molecule has 0 bridgehead atoms. The van der Waals surface area contributed by atoms with Crippen LogP contribution in [0.2, 0.25) is 0 Å². The van der Waals surface area contributed by atoms with Crippen molar-refractivity contribution in [2.24, 2.45) is 0 Å². The first-order chi connectivity index (χ1) is 15.2. The average molecular weight is 457 g/mol. The summed E-state index contributed by atoms with van der Waals surface area (Å²) in [4.78, 5) is 50.1. The van der Waals surface area contributed by atoms with E-state index in [-0.39, 0.29) is 36.8 Å². The quantitative estimate of drug-likeness (QED) is 0.519. The molecule has 0 radical (unpaired) electrons. The summed E-state index contributed by atoms with van der Waals surface area (Å²) >= 11 is 0. The topological polar surface area (TPSA) is 132 Å². The van der Waals surface area contributed by atoms with Crippen LogP contribution in [-0.2, 0) is 19.6 Å². The minimum absolute atomic E-state index is 0.0110. The van der Waals surface area contributed by atoms with Gasteiger partial charge in [-0.2, -0.15) is 4.31 Å². The lowest BCUT2D eigenvalue weighted by Crippen LogP contribution is -2.50. The van der Waals surface area contributed by atoms with Crippen LogP contribution in [0.5, 0.6) is 0 Å². The molecule has 2 aliphatic heterocycles. The Hall–Kier alpha value is -3.57. The second-order valence-corrected chi connectivity index (χ2v) is 9.28. The van der Waals surface area contributed by atoms with Gasteiger partial charge in [0.15, 0.2) is 0 Å². The molecule has 32 heavy (non-hydrogen) atoms. The van der Waals surface area contributed by atoms with Crippen molar-refractivity contribution in [1.82, 2.24) is 9.21 Å². The van der Waals surface area contributed by atoms with E-state index in [2.05, 4.69) is 0 Å². The van der Waals surface area contributed by atoms with Gasteiger partial charge in [-0.1, -0.05) is 12.1 Å². The number of hydrogen-bond acceptors (Lipinski definition) is 6. The Morgan fingerprint density at radius 3 is 1.88 bits per heavy atom. The van der Waals surface area contributed by atoms with Crippen molar-refractivity contribution in [3.8, 4) is 0 Å². The maximum atomic E-state index is 13.0. The number of imide groups is 1. The Kier molecular flexibility index (Phi) is 5.53. The molecule has 1 fully saturated rings. The predicted octanol–water partition coefficient (Wildman–Crippen LogP) is 0.795. The molecule has 0 aromatic heterocycles. The van der Waals surface area contributed by atoms with E-state index in [1.807, 2.05) is 0 Å². The zero-order valence-corrected chi connectivity index (χ0v) is 17.6. The van der Waals surface area contributed by atoms with Crippen LogP contribution >= 0.6 is 0 Å². The van der Waals surface area contributed by atoms with Gasteiger partial charge in [0, 0.05) is 26.2 Å². The molecular formula is C21H19N3O7S. The second-order valence-electron chi connectivity index (χ2n) is 7.34. The number of piperazine rings is 1. The summed E-state index contributed by atoms with van der Waals surface area (Å²) in [5.41, 5.74) is 0.855. The molecule has 166 valence electrons. The first kappa shape index (κ1) is 21.7. The highest BCUT2D eigenvalue weighted by molar-refractivity contribution is 7.89. The van der Waals surface area contributed by atoms with E-state index in [9.17, 15) is 27.6 Å². The number of aliphatic carboxylic acids is 1. The fourth-order valence-electron chi connectivity index (χ4n) is 3.76. The largest absolute Gasteiger partial charge is 0.481 e. The number of amides is 3. The van der Waals surface area contributed by atoms with E-state index in [0.29, 0.717) is 11.1 Å². The third kappa shape index (κ3) is 3.76. The van der Waals surface area contributed by atoms with Crippen molar-refractivity contribution in [2.45, 2.75) is 11.3 Å². The van der Waals surface area contributed by atoms with E-state index in [1.165, 1.54) is 33.5 Å². The van der Waals surface area contributed by atoms with Gasteiger partial charge in [0.25, 0.3) is 11.8 Å². The van der Waals surface area contributed by atoms with Crippen molar-refractivity contribution in [3.05, 3.63) is 59.7 Å². The standard InChI is InChI=1S/C21H19N3O7S/c25-18(13-19(26)27)22-9-11-23(12-10-22)32(30,31)15-7-5-14(6-8-15)24-20(28)16-3-1-2-4-17(16)21(24)29/h1-8H,9-13H2,(H,26,27). The molecule has 0 saturated carbocycles. The lowest BCUT2D eigenvalue weighted by molar-refractivity contribution is -0.144. The molecule has 0 atom stereocenters. The Labute approximate surface area is 183 Å². The van der Waals surface area contributed by atoms with Crippen LogP contribution in [0, 0.1) is 0 Å². The molecule has 11 heteroatoms. The van der Waals surface area contributed by atoms with Crippen molar-refractivity contribution < 1.29 is 32.7 Å². The first-order valence-electron chi connectivity index (χ1n) is 9.78. The molecule has 3 amide bonds. The molecule has 4 rings (SSSR count). The molecule has 2 aromatic carbocycles. The van der Waals surface area contributed by atoms with Crippen LogP contribution in [0.3, 0.4) is 0 Å². The van der Waals surface area contributed by atoms with E-state index in [4.69, 9.17) is 5.11 Å². The number of anilines is 1. The molecule has 0 unspecified atom stereocenters. The molecule has 1 N–H and O–H groups in total. The SMILES string of the molecule is O=C(O)CC(=O)N1CCN(S(=O)(=O)c2ccc(N3C(=O)c4ccccc4C3=O)cc2)CC1. The molecule has 10 nitrogen and oxygen atoms in total. The highest BCUT2D eigenvalue weighted by Gasteiger charge is 2.37. The number of rotatable bonds is 5. The minimum Gasteiger partial charge on any atom is -0.481 e. The van der Waals surface area contributed by atoms with Crippen molar-refractivity contribution in [3.63, 3.8) is 0 Å².